The normalized spacial score (nSPS) is 24.6. The summed E-state index contributed by atoms with van der Waals surface area (Å²) in [5, 5.41) is 3.02. The summed E-state index contributed by atoms with van der Waals surface area (Å²) in [6.07, 6.45) is -0.943. The Hall–Kier alpha value is -0.970. The van der Waals surface area contributed by atoms with Gasteiger partial charge >= 0.3 is 6.18 Å². The van der Waals surface area contributed by atoms with Crippen molar-refractivity contribution in [2.75, 3.05) is 0 Å². The lowest BCUT2D eigenvalue weighted by Crippen LogP contribution is -2.45. The zero-order valence-corrected chi connectivity index (χ0v) is 11.1. The van der Waals surface area contributed by atoms with Crippen LogP contribution in [0, 0.1) is 5.92 Å². The van der Waals surface area contributed by atoms with Gasteiger partial charge in [0, 0.05) is 12.5 Å². The molecule has 1 saturated carbocycles. The molecule has 5 heteroatoms. The summed E-state index contributed by atoms with van der Waals surface area (Å²) >= 11 is 0. The van der Waals surface area contributed by atoms with Crippen LogP contribution in [0.4, 0.5) is 13.2 Å². The van der Waals surface area contributed by atoms with Crippen LogP contribution in [-0.4, -0.2) is 12.2 Å². The van der Waals surface area contributed by atoms with Crippen molar-refractivity contribution < 1.29 is 17.6 Å². The molecule has 2 unspecified atom stereocenters. The van der Waals surface area contributed by atoms with Crippen LogP contribution >= 0.6 is 0 Å². The van der Waals surface area contributed by atoms with Crippen molar-refractivity contribution >= 4 is 0 Å². The quantitative estimate of drug-likeness (QED) is 0.896. The molecule has 0 aliphatic heterocycles. The lowest BCUT2D eigenvalue weighted by molar-refractivity contribution is -0.189. The van der Waals surface area contributed by atoms with Crippen molar-refractivity contribution in [3.63, 3.8) is 0 Å². The summed E-state index contributed by atoms with van der Waals surface area (Å²) < 4.78 is 44.2. The number of furan rings is 1. The Morgan fingerprint density at radius 1 is 1.21 bits per heavy atom. The van der Waals surface area contributed by atoms with E-state index in [2.05, 4.69) is 5.32 Å². The molecule has 1 aromatic heterocycles. The minimum Gasteiger partial charge on any atom is -0.465 e. The highest BCUT2D eigenvalue weighted by Crippen LogP contribution is 2.37. The fraction of sp³-hybridized carbons (Fsp3) is 0.714. The predicted molar refractivity (Wildman–Crippen MR) is 66.7 cm³/mol. The van der Waals surface area contributed by atoms with Gasteiger partial charge in [0.15, 0.2) is 0 Å². The second-order valence-corrected chi connectivity index (χ2v) is 5.14. The van der Waals surface area contributed by atoms with Crippen LogP contribution in [0.15, 0.2) is 16.5 Å². The molecule has 19 heavy (non-hydrogen) atoms. The molecule has 1 aliphatic rings. The number of aryl methyl sites for hydroxylation is 1. The number of halogens is 3. The number of rotatable bonds is 4. The molecule has 1 aromatic rings. The van der Waals surface area contributed by atoms with Gasteiger partial charge in [-0.1, -0.05) is 19.8 Å². The first-order chi connectivity index (χ1) is 9.00. The maximum Gasteiger partial charge on any atom is 0.393 e. The van der Waals surface area contributed by atoms with Crippen molar-refractivity contribution in [2.45, 2.75) is 57.8 Å². The smallest absolute Gasteiger partial charge is 0.393 e. The highest BCUT2D eigenvalue weighted by atomic mass is 19.4. The molecule has 2 nitrogen and oxygen atoms in total. The average Bonchev–Trinajstić information content (AvgIpc) is 2.83. The van der Waals surface area contributed by atoms with Crippen LogP contribution in [0.2, 0.25) is 0 Å². The number of alkyl halides is 3. The average molecular weight is 275 g/mol. The zero-order valence-electron chi connectivity index (χ0n) is 11.1. The Balaban J connectivity index is 1.92. The Bertz CT molecular complexity index is 400. The molecule has 0 aromatic carbocycles. The van der Waals surface area contributed by atoms with Crippen LogP contribution in [0.1, 0.15) is 44.1 Å². The van der Waals surface area contributed by atoms with Gasteiger partial charge in [-0.3, -0.25) is 0 Å². The number of hydrogen-bond acceptors (Lipinski definition) is 2. The lowest BCUT2D eigenvalue weighted by atomic mass is 9.84. The Morgan fingerprint density at radius 3 is 2.53 bits per heavy atom. The highest BCUT2D eigenvalue weighted by Gasteiger charge is 2.45. The van der Waals surface area contributed by atoms with E-state index in [4.69, 9.17) is 4.42 Å². The number of hydrogen-bond donors (Lipinski definition) is 1. The van der Waals surface area contributed by atoms with Crippen LogP contribution in [-0.2, 0) is 13.0 Å². The molecule has 1 fully saturated rings. The van der Waals surface area contributed by atoms with Gasteiger partial charge in [-0.25, -0.2) is 0 Å². The predicted octanol–water partition coefficient (Wildman–Crippen LogP) is 4.05. The molecule has 0 bridgehead atoms. The summed E-state index contributed by atoms with van der Waals surface area (Å²) in [6.45, 7) is 2.36. The van der Waals surface area contributed by atoms with E-state index in [1.165, 1.54) is 0 Å². The van der Waals surface area contributed by atoms with E-state index in [-0.39, 0.29) is 6.42 Å². The van der Waals surface area contributed by atoms with Gasteiger partial charge in [-0.15, -0.1) is 0 Å². The summed E-state index contributed by atoms with van der Waals surface area (Å²) in [4.78, 5) is 0. The van der Waals surface area contributed by atoms with Crippen LogP contribution in [0.25, 0.3) is 0 Å². The van der Waals surface area contributed by atoms with Gasteiger partial charge in [0.1, 0.15) is 11.5 Å². The van der Waals surface area contributed by atoms with E-state index in [0.29, 0.717) is 25.1 Å². The molecule has 2 rings (SSSR count). The second kappa shape index (κ2) is 5.99. The van der Waals surface area contributed by atoms with E-state index in [0.717, 1.165) is 18.6 Å². The van der Waals surface area contributed by atoms with Crippen molar-refractivity contribution in [3.8, 4) is 0 Å². The second-order valence-electron chi connectivity index (χ2n) is 5.14. The largest absolute Gasteiger partial charge is 0.465 e. The van der Waals surface area contributed by atoms with Crippen LogP contribution in [0.5, 0.6) is 0 Å². The van der Waals surface area contributed by atoms with Gasteiger partial charge in [-0.2, -0.15) is 13.2 Å². The third kappa shape index (κ3) is 3.75. The summed E-state index contributed by atoms with van der Waals surface area (Å²) in [6, 6.07) is 3.22. The Morgan fingerprint density at radius 2 is 1.89 bits per heavy atom. The molecule has 2 atom stereocenters. The molecule has 0 amide bonds. The molecular formula is C14H20F3NO. The Labute approximate surface area is 111 Å². The van der Waals surface area contributed by atoms with Crippen molar-refractivity contribution in [1.29, 1.82) is 0 Å². The van der Waals surface area contributed by atoms with Gasteiger partial charge in [0.25, 0.3) is 0 Å². The SMILES string of the molecule is CCc1ccc(CNC2CCCCC2C(F)(F)F)o1. The minimum absolute atomic E-state index is 0.236. The molecule has 0 radical (unpaired) electrons. The maximum absolute atomic E-state index is 12.9. The molecule has 1 N–H and O–H groups in total. The van der Waals surface area contributed by atoms with Gasteiger partial charge < -0.3 is 9.73 Å². The standard InChI is InChI=1S/C14H20F3NO/c1-2-10-7-8-11(19-10)9-18-13-6-4-3-5-12(13)14(15,16)17/h7-8,12-13,18H,2-6,9H2,1H3. The fourth-order valence-electron chi connectivity index (χ4n) is 2.71. The first-order valence-corrected chi connectivity index (χ1v) is 6.88. The molecule has 108 valence electrons. The van der Waals surface area contributed by atoms with E-state index >= 15 is 0 Å². The minimum atomic E-state index is -4.10. The van der Waals surface area contributed by atoms with E-state index in [9.17, 15) is 13.2 Å². The molecule has 0 saturated heterocycles. The van der Waals surface area contributed by atoms with Crippen LogP contribution < -0.4 is 5.32 Å². The molecule has 1 heterocycles. The van der Waals surface area contributed by atoms with Gasteiger partial charge in [0.05, 0.1) is 12.5 Å². The molecule has 1 aliphatic carbocycles. The topological polar surface area (TPSA) is 25.2 Å². The molecular weight excluding hydrogens is 255 g/mol. The highest BCUT2D eigenvalue weighted by molar-refractivity contribution is 5.07. The summed E-state index contributed by atoms with van der Waals surface area (Å²) in [5.74, 6) is 0.359. The van der Waals surface area contributed by atoms with Crippen LogP contribution in [0.3, 0.4) is 0 Å². The first-order valence-electron chi connectivity index (χ1n) is 6.88. The van der Waals surface area contributed by atoms with E-state index in [1.54, 1.807) is 0 Å². The summed E-state index contributed by atoms with van der Waals surface area (Å²) in [5.41, 5.74) is 0. The summed E-state index contributed by atoms with van der Waals surface area (Å²) in [7, 11) is 0. The number of nitrogens with one attached hydrogen (secondary N) is 1. The van der Waals surface area contributed by atoms with Crippen molar-refractivity contribution in [2.24, 2.45) is 5.92 Å². The Kier molecular flexibility index (Phi) is 4.55. The zero-order chi connectivity index (χ0) is 13.9. The van der Waals surface area contributed by atoms with Crippen molar-refractivity contribution in [3.05, 3.63) is 23.7 Å². The van der Waals surface area contributed by atoms with Gasteiger partial charge in [0.2, 0.25) is 0 Å². The monoisotopic (exact) mass is 275 g/mol. The fourth-order valence-corrected chi connectivity index (χ4v) is 2.71. The third-order valence-electron chi connectivity index (χ3n) is 3.79. The lowest BCUT2D eigenvalue weighted by Gasteiger charge is -2.33. The maximum atomic E-state index is 12.9. The van der Waals surface area contributed by atoms with Crippen molar-refractivity contribution in [1.82, 2.24) is 5.32 Å². The van der Waals surface area contributed by atoms with Gasteiger partial charge in [-0.05, 0) is 25.0 Å². The third-order valence-corrected chi connectivity index (χ3v) is 3.79. The van der Waals surface area contributed by atoms with E-state index < -0.39 is 18.1 Å². The molecule has 0 spiro atoms. The first kappa shape index (κ1) is 14.4. The van der Waals surface area contributed by atoms with E-state index in [1.807, 2.05) is 19.1 Å².